The molecular formula is C60H48BN3OS. The van der Waals surface area contributed by atoms with Crippen LogP contribution >= 0.6 is 11.3 Å². The van der Waals surface area contributed by atoms with Crippen molar-refractivity contribution in [2.75, 3.05) is 14.7 Å². The van der Waals surface area contributed by atoms with Crippen molar-refractivity contribution in [2.45, 2.75) is 41.5 Å². The van der Waals surface area contributed by atoms with Crippen LogP contribution in [0.1, 0.15) is 33.4 Å². The maximum Gasteiger partial charge on any atom is 0.256 e. The summed E-state index contributed by atoms with van der Waals surface area (Å²) in [5, 5.41) is 2.49. The maximum absolute atomic E-state index is 7.79. The highest BCUT2D eigenvalue weighted by Crippen LogP contribution is 2.53. The first-order valence-corrected chi connectivity index (χ1v) is 23.7. The lowest BCUT2D eigenvalue weighted by atomic mass is 9.34. The second kappa shape index (κ2) is 15.6. The molecule has 6 heteroatoms. The summed E-state index contributed by atoms with van der Waals surface area (Å²) in [6.07, 6.45) is 0. The fourth-order valence-electron chi connectivity index (χ4n) is 10.1. The number of benzene rings is 9. The zero-order valence-corrected chi connectivity index (χ0v) is 38.9. The number of thiophene rings is 1. The third kappa shape index (κ3) is 6.58. The summed E-state index contributed by atoms with van der Waals surface area (Å²) in [7, 11) is 0. The summed E-state index contributed by atoms with van der Waals surface area (Å²) in [5.74, 6) is 1.73. The van der Waals surface area contributed by atoms with Crippen molar-refractivity contribution >= 4 is 106 Å². The van der Waals surface area contributed by atoms with Crippen LogP contribution in [0.2, 0.25) is 0 Å². The van der Waals surface area contributed by atoms with Crippen LogP contribution in [-0.2, 0) is 0 Å². The largest absolute Gasteiger partial charge is 0.456 e. The van der Waals surface area contributed by atoms with Gasteiger partial charge < -0.3 is 19.4 Å². The minimum absolute atomic E-state index is 0.128. The van der Waals surface area contributed by atoms with Crippen molar-refractivity contribution in [3.63, 3.8) is 0 Å². The Bertz CT molecular complexity index is 3410. The van der Waals surface area contributed by atoms with E-state index in [4.69, 9.17) is 4.74 Å². The number of hydrogen-bond donors (Lipinski definition) is 0. The summed E-state index contributed by atoms with van der Waals surface area (Å²) in [6.45, 7) is 12.9. The molecular weight excluding hydrogens is 822 g/mol. The van der Waals surface area contributed by atoms with E-state index in [-0.39, 0.29) is 6.71 Å². The van der Waals surface area contributed by atoms with Crippen molar-refractivity contribution in [3.8, 4) is 11.5 Å². The molecule has 2 aliphatic rings. The van der Waals surface area contributed by atoms with Crippen LogP contribution in [0.25, 0.3) is 20.2 Å². The fourth-order valence-corrected chi connectivity index (χ4v) is 11.3. The molecule has 2 aliphatic heterocycles. The van der Waals surface area contributed by atoms with Crippen molar-refractivity contribution in [1.29, 1.82) is 0 Å². The van der Waals surface area contributed by atoms with Crippen LogP contribution in [0.4, 0.5) is 51.2 Å². The van der Waals surface area contributed by atoms with Gasteiger partial charge in [0.15, 0.2) is 0 Å². The van der Waals surface area contributed by atoms with Gasteiger partial charge in [0.2, 0.25) is 0 Å². The van der Waals surface area contributed by atoms with E-state index in [0.29, 0.717) is 0 Å². The number of rotatable bonds is 7. The number of hydrogen-bond acceptors (Lipinski definition) is 5. The van der Waals surface area contributed by atoms with Crippen molar-refractivity contribution < 1.29 is 4.74 Å². The highest BCUT2D eigenvalue weighted by molar-refractivity contribution is 7.26. The smallest absolute Gasteiger partial charge is 0.256 e. The molecule has 66 heavy (non-hydrogen) atoms. The summed E-state index contributed by atoms with van der Waals surface area (Å²) in [4.78, 5) is 7.28. The molecule has 3 heterocycles. The quantitative estimate of drug-likeness (QED) is 0.149. The Balaban J connectivity index is 1.21. The van der Waals surface area contributed by atoms with Gasteiger partial charge in [-0.15, -0.1) is 11.3 Å². The van der Waals surface area contributed by atoms with Crippen LogP contribution in [0, 0.1) is 41.5 Å². The first-order chi connectivity index (χ1) is 32.2. The first kappa shape index (κ1) is 40.0. The third-order valence-corrected chi connectivity index (χ3v) is 14.7. The molecule has 0 saturated heterocycles. The molecule has 0 aliphatic carbocycles. The van der Waals surface area contributed by atoms with Gasteiger partial charge in [0.25, 0.3) is 6.71 Å². The number of nitrogens with zero attached hydrogens (tertiary/aromatic N) is 3. The number of fused-ring (bicyclic) bond motifs is 7. The topological polar surface area (TPSA) is 19.0 Å². The molecule has 0 atom stereocenters. The molecule has 0 saturated carbocycles. The monoisotopic (exact) mass is 869 g/mol. The zero-order valence-electron chi connectivity index (χ0n) is 38.1. The molecule has 0 fully saturated rings. The Kier molecular flexibility index (Phi) is 9.44. The first-order valence-electron chi connectivity index (χ1n) is 22.8. The van der Waals surface area contributed by atoms with E-state index in [1.165, 1.54) is 70.2 Å². The van der Waals surface area contributed by atoms with E-state index in [1.807, 2.05) is 11.3 Å². The summed E-state index contributed by atoms with van der Waals surface area (Å²) >= 11 is 1.85. The second-order valence-electron chi connectivity index (χ2n) is 18.3. The molecule has 0 N–H and O–H groups in total. The molecule has 10 aromatic rings. The summed E-state index contributed by atoms with van der Waals surface area (Å²) in [5.41, 5.74) is 20.7. The van der Waals surface area contributed by atoms with Gasteiger partial charge in [-0.05, 0) is 137 Å². The Morgan fingerprint density at radius 3 is 1.53 bits per heavy atom. The average Bonchev–Trinajstić information content (AvgIpc) is 3.70. The zero-order chi connectivity index (χ0) is 44.8. The van der Waals surface area contributed by atoms with Gasteiger partial charge in [0.1, 0.15) is 17.2 Å². The molecule has 0 spiro atoms. The molecule has 0 radical (unpaired) electrons. The number of ether oxygens (including phenoxy) is 1. The molecule has 318 valence electrons. The normalized spacial score (nSPS) is 12.5. The van der Waals surface area contributed by atoms with Gasteiger partial charge in [-0.3, -0.25) is 0 Å². The highest BCUT2D eigenvalue weighted by Gasteiger charge is 2.45. The predicted octanol–water partition coefficient (Wildman–Crippen LogP) is 15.2. The molecule has 1 aromatic heterocycles. The van der Waals surface area contributed by atoms with E-state index in [9.17, 15) is 0 Å². The summed E-state index contributed by atoms with van der Waals surface area (Å²) < 4.78 is 10.2. The SMILES string of the molecule is Cc1ccc(N(c2ccc(C)cc2)c2cc3c4c(c2)N(c2ccc(C)cc2)c2ccc(C)cc2B4c2cc4c(sc5ccccc54)c(N(c4ccc(C)cc4)c4ccc(C)cc4)c2O3)cc1. The molecule has 0 unspecified atom stereocenters. The Hall–Kier alpha value is -7.54. The van der Waals surface area contributed by atoms with Gasteiger partial charge in [0.05, 0.1) is 10.4 Å². The Morgan fingerprint density at radius 1 is 0.439 bits per heavy atom. The number of anilines is 9. The van der Waals surface area contributed by atoms with E-state index in [2.05, 4.69) is 238 Å². The molecule has 0 bridgehead atoms. The minimum Gasteiger partial charge on any atom is -0.456 e. The van der Waals surface area contributed by atoms with Crippen LogP contribution in [0.15, 0.2) is 182 Å². The Morgan fingerprint density at radius 2 is 0.955 bits per heavy atom. The standard InChI is InChI=1S/C60H48BN3OS/c1-37-11-22-43(23-12-37)62(44-24-13-38(2)14-25-44)48-34-54-57-55(35-48)65-59-52(61(57)51-33-42(6)21-32-53(51)64(54)47-30-19-41(5)20-31-47)36-50-49-9-7-8-10-56(49)66-60(50)58(59)63(45-26-15-39(3)16-27-45)46-28-17-40(4)18-29-46/h7-36H,1-6H3. The van der Waals surface area contributed by atoms with Crippen LogP contribution < -0.4 is 35.8 Å². The maximum atomic E-state index is 7.79. The van der Waals surface area contributed by atoms with E-state index >= 15 is 0 Å². The number of aryl methyl sites for hydroxylation is 6. The fraction of sp³-hybridized carbons (Fsp3) is 0.100. The lowest BCUT2D eigenvalue weighted by Gasteiger charge is -2.42. The van der Waals surface area contributed by atoms with Crippen molar-refractivity contribution in [2.24, 2.45) is 0 Å². The minimum atomic E-state index is -0.128. The van der Waals surface area contributed by atoms with E-state index < -0.39 is 0 Å². The van der Waals surface area contributed by atoms with Crippen LogP contribution in [-0.4, -0.2) is 6.71 Å². The highest BCUT2D eigenvalue weighted by atomic mass is 32.1. The van der Waals surface area contributed by atoms with Gasteiger partial charge in [-0.25, -0.2) is 0 Å². The predicted molar refractivity (Wildman–Crippen MR) is 283 cm³/mol. The summed E-state index contributed by atoms with van der Waals surface area (Å²) in [6, 6.07) is 67.6. The average molecular weight is 870 g/mol. The lowest BCUT2D eigenvalue weighted by Crippen LogP contribution is -2.59. The van der Waals surface area contributed by atoms with Crippen molar-refractivity contribution in [1.82, 2.24) is 0 Å². The van der Waals surface area contributed by atoms with E-state index in [0.717, 1.165) is 62.5 Å². The van der Waals surface area contributed by atoms with Crippen LogP contribution in [0.5, 0.6) is 11.5 Å². The van der Waals surface area contributed by atoms with Gasteiger partial charge in [-0.2, -0.15) is 0 Å². The molecule has 12 rings (SSSR count). The van der Waals surface area contributed by atoms with Crippen LogP contribution in [0.3, 0.4) is 0 Å². The molecule has 0 amide bonds. The van der Waals surface area contributed by atoms with Gasteiger partial charge >= 0.3 is 0 Å². The molecule has 9 aromatic carbocycles. The van der Waals surface area contributed by atoms with E-state index in [1.54, 1.807) is 0 Å². The molecule has 4 nitrogen and oxygen atoms in total. The second-order valence-corrected chi connectivity index (χ2v) is 19.3. The lowest BCUT2D eigenvalue weighted by molar-refractivity contribution is 0.489. The third-order valence-electron chi connectivity index (χ3n) is 13.5. The Labute approximate surface area is 391 Å². The van der Waals surface area contributed by atoms with Gasteiger partial charge in [-0.1, -0.05) is 130 Å². The van der Waals surface area contributed by atoms with Crippen molar-refractivity contribution in [3.05, 3.63) is 215 Å². The van der Waals surface area contributed by atoms with Gasteiger partial charge in [0, 0.05) is 61.4 Å².